The number of carbonyl (C=O) groups is 1. The van der Waals surface area contributed by atoms with Crippen LogP contribution in [-0.2, 0) is 0 Å². The van der Waals surface area contributed by atoms with Gasteiger partial charge in [-0.15, -0.1) is 0 Å². The number of nitrogens with zero attached hydrogens (tertiary/aromatic N) is 2. The van der Waals surface area contributed by atoms with E-state index in [1.165, 1.54) is 24.6 Å². The number of hydrogen-bond acceptors (Lipinski definition) is 5. The number of nitrogens with one attached hydrogen (secondary N) is 2. The van der Waals surface area contributed by atoms with Crippen molar-refractivity contribution in [1.82, 2.24) is 9.97 Å². The first-order valence-corrected chi connectivity index (χ1v) is 7.99. The number of aromatic nitrogens is 2. The van der Waals surface area contributed by atoms with Crippen molar-refractivity contribution in [2.45, 2.75) is 37.6 Å². The smallest absolute Gasteiger partial charge is 0.254 e. The van der Waals surface area contributed by atoms with Crippen LogP contribution in [0.4, 0.5) is 17.5 Å². The fraction of sp³-hybridized carbons (Fsp3) is 0.353. The van der Waals surface area contributed by atoms with E-state index in [4.69, 9.17) is 5.73 Å². The maximum atomic E-state index is 11.5. The Kier molecular flexibility index (Phi) is 3.37. The zero-order chi connectivity index (χ0) is 15.8. The van der Waals surface area contributed by atoms with Crippen LogP contribution in [0.3, 0.4) is 0 Å². The van der Waals surface area contributed by atoms with Gasteiger partial charge in [0.2, 0.25) is 5.95 Å². The fourth-order valence-corrected chi connectivity index (χ4v) is 2.54. The lowest BCUT2D eigenvalue weighted by molar-refractivity contribution is 0.100. The van der Waals surface area contributed by atoms with E-state index in [0.29, 0.717) is 23.4 Å². The average molecular weight is 309 g/mol. The molecule has 2 aliphatic rings. The molecule has 0 atom stereocenters. The van der Waals surface area contributed by atoms with Crippen LogP contribution in [0, 0.1) is 0 Å². The average Bonchev–Trinajstić information content (AvgIpc) is 3.42. The van der Waals surface area contributed by atoms with Gasteiger partial charge in [-0.1, -0.05) is 12.1 Å². The lowest BCUT2D eigenvalue weighted by Gasteiger charge is -2.11. The van der Waals surface area contributed by atoms with Crippen molar-refractivity contribution in [2.24, 2.45) is 5.73 Å². The summed E-state index contributed by atoms with van der Waals surface area (Å²) in [5.41, 5.74) is 8.03. The molecule has 2 aromatic rings. The van der Waals surface area contributed by atoms with E-state index in [1.54, 1.807) is 0 Å². The molecule has 0 bridgehead atoms. The molecule has 0 spiro atoms. The first-order valence-electron chi connectivity index (χ1n) is 7.99. The first kappa shape index (κ1) is 14.0. The summed E-state index contributed by atoms with van der Waals surface area (Å²) in [5.74, 6) is 1.18. The van der Waals surface area contributed by atoms with Crippen LogP contribution in [-0.4, -0.2) is 21.9 Å². The van der Waals surface area contributed by atoms with Crippen molar-refractivity contribution in [3.63, 3.8) is 0 Å². The molecule has 0 radical (unpaired) electrons. The summed E-state index contributed by atoms with van der Waals surface area (Å²) in [5, 5.41) is 6.41. The zero-order valence-corrected chi connectivity index (χ0v) is 12.7. The highest BCUT2D eigenvalue weighted by molar-refractivity contribution is 5.97. The van der Waals surface area contributed by atoms with Crippen molar-refractivity contribution >= 4 is 23.4 Å². The lowest BCUT2D eigenvalue weighted by Crippen LogP contribution is -2.17. The summed E-state index contributed by atoms with van der Waals surface area (Å²) >= 11 is 0. The second kappa shape index (κ2) is 5.53. The second-order valence-corrected chi connectivity index (χ2v) is 6.26. The summed E-state index contributed by atoms with van der Waals surface area (Å²) in [4.78, 5) is 20.1. The molecule has 2 fully saturated rings. The molecule has 1 amide bonds. The monoisotopic (exact) mass is 309 g/mol. The number of primary amides is 1. The van der Waals surface area contributed by atoms with E-state index >= 15 is 0 Å². The van der Waals surface area contributed by atoms with Crippen LogP contribution < -0.4 is 16.4 Å². The molecule has 6 nitrogen and oxygen atoms in total. The highest BCUT2D eigenvalue weighted by atomic mass is 16.1. The Morgan fingerprint density at radius 1 is 1.13 bits per heavy atom. The highest BCUT2D eigenvalue weighted by Crippen LogP contribution is 2.40. The molecule has 2 aliphatic carbocycles. The Labute approximate surface area is 134 Å². The molecule has 0 unspecified atom stereocenters. The molecule has 0 aliphatic heterocycles. The summed E-state index contributed by atoms with van der Waals surface area (Å²) < 4.78 is 0. The number of nitrogens with two attached hydrogens (primary N) is 1. The Bertz CT molecular complexity index is 735. The molecule has 4 N–H and O–H groups in total. The standard InChI is InChI=1S/C17H19N5O/c18-15(23)14-9-19-17(22-16(14)20-12-7-8-12)21-13-5-3-11(4-6-13)10-1-2-10/h3-6,9-10,12H,1-2,7-8H2,(H2,18,23)(H2,19,20,21,22). The number of carbonyl (C=O) groups excluding carboxylic acids is 1. The van der Waals surface area contributed by atoms with Gasteiger partial charge in [0.25, 0.3) is 5.91 Å². The summed E-state index contributed by atoms with van der Waals surface area (Å²) in [6, 6.07) is 8.73. The zero-order valence-electron chi connectivity index (χ0n) is 12.7. The Morgan fingerprint density at radius 2 is 1.87 bits per heavy atom. The minimum atomic E-state index is -0.520. The van der Waals surface area contributed by atoms with Crippen LogP contribution in [0.5, 0.6) is 0 Å². The van der Waals surface area contributed by atoms with E-state index in [2.05, 4.69) is 32.7 Å². The first-order chi connectivity index (χ1) is 11.2. The molecule has 6 heteroatoms. The molecule has 1 aromatic carbocycles. The third-order valence-corrected chi connectivity index (χ3v) is 4.19. The van der Waals surface area contributed by atoms with Crippen molar-refractivity contribution < 1.29 is 4.79 Å². The Hall–Kier alpha value is -2.63. The second-order valence-electron chi connectivity index (χ2n) is 6.26. The Morgan fingerprint density at radius 3 is 2.48 bits per heavy atom. The van der Waals surface area contributed by atoms with Gasteiger partial charge >= 0.3 is 0 Å². The van der Waals surface area contributed by atoms with Crippen LogP contribution in [0.25, 0.3) is 0 Å². The number of benzene rings is 1. The van der Waals surface area contributed by atoms with Gasteiger partial charge < -0.3 is 16.4 Å². The number of hydrogen-bond donors (Lipinski definition) is 3. The van der Waals surface area contributed by atoms with Crippen LogP contribution in [0.15, 0.2) is 30.5 Å². The summed E-state index contributed by atoms with van der Waals surface area (Å²) in [6.45, 7) is 0. The topological polar surface area (TPSA) is 92.9 Å². The van der Waals surface area contributed by atoms with Crippen molar-refractivity contribution in [3.8, 4) is 0 Å². The molecule has 118 valence electrons. The molecule has 4 rings (SSSR count). The molecule has 2 saturated carbocycles. The van der Waals surface area contributed by atoms with E-state index in [1.807, 2.05) is 12.1 Å². The van der Waals surface area contributed by atoms with Gasteiger partial charge in [-0.3, -0.25) is 4.79 Å². The summed E-state index contributed by atoms with van der Waals surface area (Å²) in [6.07, 6.45) is 6.24. The molecular formula is C17H19N5O. The van der Waals surface area contributed by atoms with Crippen molar-refractivity contribution in [1.29, 1.82) is 0 Å². The Balaban J connectivity index is 1.54. The van der Waals surface area contributed by atoms with Gasteiger partial charge in [0.1, 0.15) is 5.82 Å². The van der Waals surface area contributed by atoms with E-state index in [0.717, 1.165) is 24.4 Å². The minimum absolute atomic E-state index is 0.325. The summed E-state index contributed by atoms with van der Waals surface area (Å²) in [7, 11) is 0. The van der Waals surface area contributed by atoms with Crippen LogP contribution in [0.2, 0.25) is 0 Å². The predicted octanol–water partition coefficient (Wildman–Crippen LogP) is 2.77. The minimum Gasteiger partial charge on any atom is -0.367 e. The normalized spacial score (nSPS) is 16.9. The van der Waals surface area contributed by atoms with E-state index < -0.39 is 5.91 Å². The van der Waals surface area contributed by atoms with Crippen molar-refractivity contribution in [2.75, 3.05) is 10.6 Å². The van der Waals surface area contributed by atoms with E-state index in [9.17, 15) is 4.79 Å². The lowest BCUT2D eigenvalue weighted by atomic mass is 10.1. The highest BCUT2D eigenvalue weighted by Gasteiger charge is 2.24. The molecule has 0 saturated heterocycles. The molecule has 23 heavy (non-hydrogen) atoms. The van der Waals surface area contributed by atoms with Gasteiger partial charge in [0.05, 0.1) is 5.56 Å². The predicted molar refractivity (Wildman–Crippen MR) is 88.9 cm³/mol. The van der Waals surface area contributed by atoms with E-state index in [-0.39, 0.29) is 0 Å². The van der Waals surface area contributed by atoms with Gasteiger partial charge in [-0.05, 0) is 49.3 Å². The van der Waals surface area contributed by atoms with Crippen LogP contribution >= 0.6 is 0 Å². The molecule has 1 aromatic heterocycles. The number of anilines is 3. The quantitative estimate of drug-likeness (QED) is 0.763. The van der Waals surface area contributed by atoms with Crippen molar-refractivity contribution in [3.05, 3.63) is 41.6 Å². The number of amides is 1. The number of rotatable bonds is 6. The maximum Gasteiger partial charge on any atom is 0.254 e. The molecular weight excluding hydrogens is 290 g/mol. The van der Waals surface area contributed by atoms with Gasteiger partial charge in [0.15, 0.2) is 0 Å². The van der Waals surface area contributed by atoms with Gasteiger partial charge in [-0.2, -0.15) is 4.98 Å². The third kappa shape index (κ3) is 3.26. The fourth-order valence-electron chi connectivity index (χ4n) is 2.54. The maximum absolute atomic E-state index is 11.5. The van der Waals surface area contributed by atoms with Gasteiger partial charge in [-0.25, -0.2) is 4.98 Å². The van der Waals surface area contributed by atoms with Crippen LogP contribution in [0.1, 0.15) is 47.5 Å². The third-order valence-electron chi connectivity index (χ3n) is 4.19. The largest absolute Gasteiger partial charge is 0.367 e. The molecule has 1 heterocycles. The van der Waals surface area contributed by atoms with Gasteiger partial charge in [0, 0.05) is 17.9 Å². The SMILES string of the molecule is NC(=O)c1cnc(Nc2ccc(C3CC3)cc2)nc1NC1CC1.